The molecule has 0 aromatic rings. The molecule has 0 saturated carbocycles. The summed E-state index contributed by atoms with van der Waals surface area (Å²) in [6.07, 6.45) is 0. The zero-order chi connectivity index (χ0) is 11.4. The number of aliphatic carboxylic acids is 1. The fourth-order valence-corrected chi connectivity index (χ4v) is 4.64. The van der Waals surface area contributed by atoms with Crippen molar-refractivity contribution in [2.75, 3.05) is 5.88 Å². The second-order valence-electron chi connectivity index (χ2n) is 3.84. The number of carbonyl (C=O) groups excluding carboxylic acids is 1. The van der Waals surface area contributed by atoms with Crippen molar-refractivity contribution in [3.05, 3.63) is 0 Å². The molecular formula is C8H9BrClNO3S. The summed E-state index contributed by atoms with van der Waals surface area (Å²) in [6.45, 7) is 1.79. The second kappa shape index (κ2) is 3.53. The number of nitrogens with zero attached hydrogens (tertiary/aromatic N) is 1. The first-order chi connectivity index (χ1) is 6.92. The van der Waals surface area contributed by atoms with Crippen LogP contribution in [0.5, 0.6) is 0 Å². The fourth-order valence-electron chi connectivity index (χ4n) is 1.96. The predicted octanol–water partition coefficient (Wildman–Crippen LogP) is 1.12. The number of hydrogen-bond donors (Lipinski definition) is 1. The average molecular weight is 315 g/mol. The van der Waals surface area contributed by atoms with Gasteiger partial charge in [0.25, 0.3) is 0 Å². The minimum Gasteiger partial charge on any atom is -0.480 e. The number of rotatable bonds is 2. The highest BCUT2D eigenvalue weighted by Gasteiger charge is 2.64. The topological polar surface area (TPSA) is 57.6 Å². The van der Waals surface area contributed by atoms with Crippen LogP contribution in [0.2, 0.25) is 0 Å². The summed E-state index contributed by atoms with van der Waals surface area (Å²) in [6, 6.07) is -0.814. The van der Waals surface area contributed by atoms with E-state index in [0.717, 1.165) is 0 Å². The van der Waals surface area contributed by atoms with Crippen molar-refractivity contribution in [1.29, 1.82) is 0 Å². The monoisotopic (exact) mass is 313 g/mol. The van der Waals surface area contributed by atoms with Gasteiger partial charge in [-0.1, -0.05) is 15.9 Å². The summed E-state index contributed by atoms with van der Waals surface area (Å²) < 4.78 is -0.601. The van der Waals surface area contributed by atoms with Gasteiger partial charge in [-0.25, -0.2) is 4.79 Å². The Bertz CT molecular complexity index is 342. The first kappa shape index (κ1) is 11.5. The lowest BCUT2D eigenvalue weighted by Crippen LogP contribution is -2.63. The van der Waals surface area contributed by atoms with E-state index in [0.29, 0.717) is 0 Å². The Morgan fingerprint density at radius 3 is 2.87 bits per heavy atom. The number of β-lactam (4-membered cyclic amide) rings is 1. The van der Waals surface area contributed by atoms with Gasteiger partial charge < -0.3 is 10.0 Å². The lowest BCUT2D eigenvalue weighted by Gasteiger charge is -2.40. The fraction of sp³-hybridized carbons (Fsp3) is 0.750. The van der Waals surface area contributed by atoms with E-state index in [2.05, 4.69) is 15.9 Å². The standard InChI is InChI=1S/C8H9BrClNO3S/c1-8(2-10)4(7(13)14)11-5(12)3(9)6(11)15-8/h3-4,6H,2H2,1H3,(H,13,14)/t3-,4?,6+,8-/m0/s1. The highest BCUT2D eigenvalue weighted by Crippen LogP contribution is 2.53. The lowest BCUT2D eigenvalue weighted by molar-refractivity contribution is -0.156. The molecule has 2 fully saturated rings. The number of hydrogen-bond acceptors (Lipinski definition) is 3. The molecule has 2 rings (SSSR count). The van der Waals surface area contributed by atoms with Gasteiger partial charge in [-0.3, -0.25) is 4.79 Å². The molecule has 0 bridgehead atoms. The molecule has 1 N–H and O–H groups in total. The molecule has 4 nitrogen and oxygen atoms in total. The summed E-state index contributed by atoms with van der Waals surface area (Å²) in [5.74, 6) is -0.927. The van der Waals surface area contributed by atoms with Crippen LogP contribution in [0.4, 0.5) is 0 Å². The molecule has 15 heavy (non-hydrogen) atoms. The Balaban J connectivity index is 2.33. The third-order valence-electron chi connectivity index (χ3n) is 2.76. The SMILES string of the molecule is C[C@@]1(CCl)S[C@@H]2[C@@H](Br)C(=O)N2C1C(=O)O. The number of halogens is 2. The molecule has 2 heterocycles. The van der Waals surface area contributed by atoms with Gasteiger partial charge in [-0.15, -0.1) is 23.4 Å². The van der Waals surface area contributed by atoms with Crippen LogP contribution in [0.25, 0.3) is 0 Å². The molecule has 0 radical (unpaired) electrons. The van der Waals surface area contributed by atoms with Crippen LogP contribution in [0.3, 0.4) is 0 Å². The third kappa shape index (κ3) is 1.41. The zero-order valence-corrected chi connectivity index (χ0v) is 11.0. The molecule has 0 spiro atoms. The smallest absolute Gasteiger partial charge is 0.327 e. The van der Waals surface area contributed by atoms with Crippen LogP contribution in [-0.2, 0) is 9.59 Å². The Morgan fingerprint density at radius 1 is 1.80 bits per heavy atom. The van der Waals surface area contributed by atoms with E-state index >= 15 is 0 Å². The van der Waals surface area contributed by atoms with Crippen molar-refractivity contribution in [2.45, 2.75) is 27.9 Å². The highest BCUT2D eigenvalue weighted by molar-refractivity contribution is 9.10. The maximum absolute atomic E-state index is 11.5. The Labute approximate surface area is 104 Å². The molecule has 7 heteroatoms. The Hall–Kier alpha value is 0.0600. The van der Waals surface area contributed by atoms with Gasteiger partial charge in [0.1, 0.15) is 16.2 Å². The molecule has 1 unspecified atom stereocenters. The number of amides is 1. The summed E-state index contributed by atoms with van der Waals surface area (Å²) in [5.41, 5.74) is 0. The van der Waals surface area contributed by atoms with Crippen molar-refractivity contribution in [3.8, 4) is 0 Å². The maximum Gasteiger partial charge on any atom is 0.327 e. The number of alkyl halides is 2. The molecule has 0 aliphatic carbocycles. The number of carboxylic acids is 1. The van der Waals surface area contributed by atoms with Gasteiger partial charge in [0, 0.05) is 5.88 Å². The molecule has 84 valence electrons. The Morgan fingerprint density at radius 2 is 2.40 bits per heavy atom. The van der Waals surface area contributed by atoms with E-state index in [9.17, 15) is 9.59 Å². The van der Waals surface area contributed by atoms with Crippen LogP contribution in [-0.4, -0.2) is 48.8 Å². The zero-order valence-electron chi connectivity index (χ0n) is 7.81. The van der Waals surface area contributed by atoms with Gasteiger partial charge in [0.2, 0.25) is 5.91 Å². The van der Waals surface area contributed by atoms with Crippen molar-refractivity contribution in [3.63, 3.8) is 0 Å². The third-order valence-corrected chi connectivity index (χ3v) is 6.36. The number of fused-ring (bicyclic) bond motifs is 1. The van der Waals surface area contributed by atoms with E-state index in [1.807, 2.05) is 0 Å². The van der Waals surface area contributed by atoms with Gasteiger partial charge >= 0.3 is 5.97 Å². The molecule has 1 amide bonds. The highest BCUT2D eigenvalue weighted by atomic mass is 79.9. The lowest BCUT2D eigenvalue weighted by atomic mass is 9.98. The van der Waals surface area contributed by atoms with Crippen LogP contribution >= 0.6 is 39.3 Å². The number of thioether (sulfide) groups is 1. The summed E-state index contributed by atoms with van der Waals surface area (Å²) in [5, 5.41) is 9.03. The molecule has 2 aliphatic rings. The largest absolute Gasteiger partial charge is 0.480 e. The van der Waals surface area contributed by atoms with Crippen molar-refractivity contribution in [2.24, 2.45) is 0 Å². The molecular weight excluding hydrogens is 306 g/mol. The first-order valence-corrected chi connectivity index (χ1v) is 6.68. The second-order valence-corrected chi connectivity index (χ2v) is 6.75. The van der Waals surface area contributed by atoms with E-state index in [4.69, 9.17) is 16.7 Å². The molecule has 0 aromatic heterocycles. The van der Waals surface area contributed by atoms with E-state index < -0.39 is 16.8 Å². The van der Waals surface area contributed by atoms with Crippen molar-refractivity contribution >= 4 is 51.2 Å². The number of carbonyl (C=O) groups is 2. The average Bonchev–Trinajstić information content (AvgIpc) is 2.49. The van der Waals surface area contributed by atoms with Crippen molar-refractivity contribution < 1.29 is 14.7 Å². The quantitative estimate of drug-likeness (QED) is 0.613. The van der Waals surface area contributed by atoms with Crippen LogP contribution in [0, 0.1) is 0 Å². The molecule has 2 saturated heterocycles. The van der Waals surface area contributed by atoms with E-state index in [1.54, 1.807) is 6.92 Å². The maximum atomic E-state index is 11.5. The van der Waals surface area contributed by atoms with Crippen LogP contribution in [0.15, 0.2) is 0 Å². The van der Waals surface area contributed by atoms with Crippen molar-refractivity contribution in [1.82, 2.24) is 4.90 Å². The van der Waals surface area contributed by atoms with Gasteiger partial charge in [-0.05, 0) is 6.92 Å². The summed E-state index contributed by atoms with van der Waals surface area (Å²) >= 11 is 10.5. The summed E-state index contributed by atoms with van der Waals surface area (Å²) in [4.78, 5) is 23.8. The van der Waals surface area contributed by atoms with Gasteiger partial charge in [-0.2, -0.15) is 0 Å². The minimum atomic E-state index is -0.985. The van der Waals surface area contributed by atoms with Crippen LogP contribution < -0.4 is 0 Å². The minimum absolute atomic E-state index is 0.0950. The van der Waals surface area contributed by atoms with E-state index in [1.165, 1.54) is 16.7 Å². The first-order valence-electron chi connectivity index (χ1n) is 4.35. The summed E-state index contributed by atoms with van der Waals surface area (Å²) in [7, 11) is 0. The van der Waals surface area contributed by atoms with Gasteiger partial charge in [0.15, 0.2) is 0 Å². The molecule has 4 atom stereocenters. The number of carboxylic acid groups (broad SMARTS) is 1. The van der Waals surface area contributed by atoms with Crippen LogP contribution in [0.1, 0.15) is 6.92 Å². The Kier molecular flexibility index (Phi) is 2.72. The molecule has 2 aliphatic heterocycles. The molecule has 0 aromatic carbocycles. The van der Waals surface area contributed by atoms with E-state index in [-0.39, 0.29) is 22.0 Å². The van der Waals surface area contributed by atoms with Gasteiger partial charge in [0.05, 0.1) is 4.75 Å². The predicted molar refractivity (Wildman–Crippen MR) is 61.5 cm³/mol. The normalized spacial score (nSPS) is 43.8.